The molecule has 0 aliphatic rings. The zero-order chi connectivity index (χ0) is 10.7. The van der Waals surface area contributed by atoms with E-state index in [9.17, 15) is 4.39 Å². The third kappa shape index (κ3) is 2.10. The normalized spacial score (nSPS) is 12.0. The van der Waals surface area contributed by atoms with Gasteiger partial charge >= 0.3 is 0 Å². The molecule has 0 aliphatic carbocycles. The van der Waals surface area contributed by atoms with E-state index in [-0.39, 0.29) is 10.0 Å². The Bertz CT molecular complexity index is 402. The van der Waals surface area contributed by atoms with E-state index in [1.807, 2.05) is 0 Å². The highest BCUT2D eigenvalue weighted by atomic mass is 35.5. The highest BCUT2D eigenvalue weighted by molar-refractivity contribution is 6.36. The molecule has 0 fully saturated rings. The van der Waals surface area contributed by atoms with Gasteiger partial charge in [-0.15, -0.1) is 0 Å². The quantitative estimate of drug-likeness (QED) is 0.313. The predicted octanol–water partition coefficient (Wildman–Crippen LogP) is 4.50. The molecule has 74 valence electrons. The molecule has 0 amide bonds. The first-order valence-corrected chi connectivity index (χ1v) is 4.51. The van der Waals surface area contributed by atoms with Crippen LogP contribution in [0.15, 0.2) is 17.2 Å². The molecule has 1 rings (SSSR count). The molecule has 0 aliphatic heterocycles. The number of hydrogen-bond donors (Lipinski definition) is 0. The van der Waals surface area contributed by atoms with Crippen LogP contribution >= 0.6 is 23.2 Å². The van der Waals surface area contributed by atoms with Gasteiger partial charge in [0, 0.05) is 15.5 Å². The molecule has 0 saturated heterocycles. The molecule has 0 N–H and O–H groups in total. The highest BCUT2D eigenvalue weighted by Gasteiger charge is 2.15. The van der Waals surface area contributed by atoms with Crippen molar-refractivity contribution < 1.29 is 4.39 Å². The van der Waals surface area contributed by atoms with Gasteiger partial charge in [-0.25, -0.2) is 4.39 Å². The van der Waals surface area contributed by atoms with E-state index in [4.69, 9.17) is 28.7 Å². The zero-order valence-electron chi connectivity index (χ0n) is 7.21. The second-order valence-corrected chi connectivity index (χ2v) is 3.42. The van der Waals surface area contributed by atoms with Crippen LogP contribution in [0.25, 0.3) is 10.4 Å². The smallest absolute Gasteiger partial charge is 0.142 e. The van der Waals surface area contributed by atoms with E-state index in [2.05, 4.69) is 10.0 Å². The molecule has 0 saturated carbocycles. The fourth-order valence-electron chi connectivity index (χ4n) is 1.06. The largest absolute Gasteiger partial charge is 0.205 e. The van der Waals surface area contributed by atoms with Crippen LogP contribution in [0.2, 0.25) is 10.0 Å². The van der Waals surface area contributed by atoms with Crippen LogP contribution in [-0.2, 0) is 0 Å². The highest BCUT2D eigenvalue weighted by Crippen LogP contribution is 2.33. The van der Waals surface area contributed by atoms with Crippen LogP contribution < -0.4 is 0 Å². The van der Waals surface area contributed by atoms with Crippen LogP contribution in [0, 0.1) is 5.82 Å². The monoisotopic (exact) mass is 233 g/mol. The zero-order valence-corrected chi connectivity index (χ0v) is 8.72. The van der Waals surface area contributed by atoms with E-state index < -0.39 is 11.9 Å². The fourth-order valence-corrected chi connectivity index (χ4v) is 1.75. The molecule has 0 heterocycles. The predicted molar refractivity (Wildman–Crippen MR) is 54.0 cm³/mol. The Kier molecular flexibility index (Phi) is 3.58. The van der Waals surface area contributed by atoms with Gasteiger partial charge < -0.3 is 0 Å². The first kappa shape index (κ1) is 11.1. The molecule has 14 heavy (non-hydrogen) atoms. The number of azide groups is 1. The summed E-state index contributed by atoms with van der Waals surface area (Å²) in [6.45, 7) is 1.59. The third-order valence-electron chi connectivity index (χ3n) is 1.72. The minimum absolute atomic E-state index is 0.0996. The average Bonchev–Trinajstić information content (AvgIpc) is 2.13. The molecule has 3 nitrogen and oxygen atoms in total. The van der Waals surface area contributed by atoms with E-state index >= 15 is 0 Å². The summed E-state index contributed by atoms with van der Waals surface area (Å²) in [6, 6.07) is 1.95. The first-order chi connectivity index (χ1) is 6.57. The van der Waals surface area contributed by atoms with Gasteiger partial charge in [0.1, 0.15) is 5.82 Å². The Morgan fingerprint density at radius 2 is 2.14 bits per heavy atom. The van der Waals surface area contributed by atoms with Gasteiger partial charge in [-0.1, -0.05) is 35.2 Å². The third-order valence-corrected chi connectivity index (χ3v) is 2.44. The molecule has 0 unspecified atom stereocenters. The summed E-state index contributed by atoms with van der Waals surface area (Å²) < 4.78 is 13.0. The molecular weight excluding hydrogens is 228 g/mol. The number of benzene rings is 1. The average molecular weight is 234 g/mol. The fraction of sp³-hybridized carbons (Fsp3) is 0.250. The van der Waals surface area contributed by atoms with E-state index in [0.29, 0.717) is 5.56 Å². The lowest BCUT2D eigenvalue weighted by molar-refractivity contribution is 0.623. The lowest BCUT2D eigenvalue weighted by atomic mass is 10.1. The lowest BCUT2D eigenvalue weighted by Crippen LogP contribution is -1.94. The SMILES string of the molecule is C[C@@H](N=[N+]=[N-])c1c(Cl)ccc(F)c1Cl. The standard InChI is InChI=1S/C8H6Cl2FN3/c1-4(13-14-12)7-5(9)2-3-6(11)8(7)10/h2-4H,1H3/t4-/m1/s1. The lowest BCUT2D eigenvalue weighted by Gasteiger charge is -2.10. The molecule has 0 bridgehead atoms. The number of rotatable bonds is 2. The van der Waals surface area contributed by atoms with Crippen LogP contribution in [0.3, 0.4) is 0 Å². The maximum atomic E-state index is 13.0. The minimum atomic E-state index is -0.587. The van der Waals surface area contributed by atoms with Crippen molar-refractivity contribution in [3.63, 3.8) is 0 Å². The summed E-state index contributed by atoms with van der Waals surface area (Å²) in [5.41, 5.74) is 8.54. The van der Waals surface area contributed by atoms with Crippen LogP contribution in [0.1, 0.15) is 18.5 Å². The molecule has 0 spiro atoms. The van der Waals surface area contributed by atoms with E-state index in [0.717, 1.165) is 6.07 Å². The first-order valence-electron chi connectivity index (χ1n) is 3.75. The van der Waals surface area contributed by atoms with Crippen molar-refractivity contribution in [1.29, 1.82) is 0 Å². The molecule has 0 aromatic heterocycles. The number of hydrogen-bond acceptors (Lipinski definition) is 1. The summed E-state index contributed by atoms with van der Waals surface area (Å²) in [7, 11) is 0. The van der Waals surface area contributed by atoms with Crippen LogP contribution in [0.4, 0.5) is 4.39 Å². The second-order valence-electron chi connectivity index (χ2n) is 2.64. The Morgan fingerprint density at radius 3 is 2.71 bits per heavy atom. The number of nitrogens with zero attached hydrogens (tertiary/aromatic N) is 3. The summed E-state index contributed by atoms with van der Waals surface area (Å²) in [5.74, 6) is -0.578. The summed E-state index contributed by atoms with van der Waals surface area (Å²) in [5, 5.41) is 3.59. The van der Waals surface area contributed by atoms with Gasteiger partial charge in [-0.05, 0) is 17.7 Å². The van der Waals surface area contributed by atoms with Gasteiger partial charge in [0.2, 0.25) is 0 Å². The maximum absolute atomic E-state index is 13.0. The number of halogens is 3. The van der Waals surface area contributed by atoms with Crippen LogP contribution in [-0.4, -0.2) is 0 Å². The van der Waals surface area contributed by atoms with Crippen molar-refractivity contribution in [2.45, 2.75) is 13.0 Å². The van der Waals surface area contributed by atoms with Crippen molar-refractivity contribution in [2.75, 3.05) is 0 Å². The molecular formula is C8H6Cl2FN3. The van der Waals surface area contributed by atoms with Gasteiger partial charge in [-0.2, -0.15) is 0 Å². The van der Waals surface area contributed by atoms with Gasteiger partial charge in [0.05, 0.1) is 11.1 Å². The Balaban J connectivity index is 3.31. The molecule has 6 heteroatoms. The minimum Gasteiger partial charge on any atom is -0.205 e. The van der Waals surface area contributed by atoms with Crippen molar-refractivity contribution >= 4 is 23.2 Å². The molecule has 1 aromatic carbocycles. The van der Waals surface area contributed by atoms with Gasteiger partial charge in [-0.3, -0.25) is 0 Å². The van der Waals surface area contributed by atoms with Crippen LogP contribution in [0.5, 0.6) is 0 Å². The van der Waals surface area contributed by atoms with Crippen molar-refractivity contribution in [2.24, 2.45) is 5.11 Å². The molecule has 0 radical (unpaired) electrons. The van der Waals surface area contributed by atoms with Crippen molar-refractivity contribution in [3.8, 4) is 0 Å². The van der Waals surface area contributed by atoms with Gasteiger partial charge in [0.25, 0.3) is 0 Å². The van der Waals surface area contributed by atoms with E-state index in [1.165, 1.54) is 6.07 Å². The van der Waals surface area contributed by atoms with E-state index in [1.54, 1.807) is 6.92 Å². The Morgan fingerprint density at radius 1 is 1.50 bits per heavy atom. The summed E-state index contributed by atoms with van der Waals surface area (Å²) in [6.07, 6.45) is 0. The Labute approximate surface area is 90.1 Å². The second kappa shape index (κ2) is 4.51. The van der Waals surface area contributed by atoms with Crippen molar-refractivity contribution in [3.05, 3.63) is 44.0 Å². The molecule has 1 aromatic rings. The summed E-state index contributed by atoms with van der Waals surface area (Å²) >= 11 is 11.5. The topological polar surface area (TPSA) is 48.8 Å². The van der Waals surface area contributed by atoms with Gasteiger partial charge in [0.15, 0.2) is 0 Å². The molecule has 1 atom stereocenters. The Hall–Kier alpha value is -0.960. The van der Waals surface area contributed by atoms with Crippen molar-refractivity contribution in [1.82, 2.24) is 0 Å². The summed E-state index contributed by atoms with van der Waals surface area (Å²) in [4.78, 5) is 2.61. The maximum Gasteiger partial charge on any atom is 0.142 e.